The fourth-order valence-corrected chi connectivity index (χ4v) is 7.84. The number of amides is 3. The number of carbonyl (C=O) groups excluding carboxylic acids is 3. The first-order valence-corrected chi connectivity index (χ1v) is 16.5. The number of halogens is 2. The van der Waals surface area contributed by atoms with Crippen LogP contribution in [0.5, 0.6) is 0 Å². The van der Waals surface area contributed by atoms with Gasteiger partial charge in [0.15, 0.2) is 0 Å². The van der Waals surface area contributed by atoms with E-state index in [2.05, 4.69) is 65.6 Å². The summed E-state index contributed by atoms with van der Waals surface area (Å²) in [5.41, 5.74) is 4.74. The van der Waals surface area contributed by atoms with Gasteiger partial charge in [-0.3, -0.25) is 4.79 Å². The van der Waals surface area contributed by atoms with E-state index in [1.165, 1.54) is 16.8 Å². The second kappa shape index (κ2) is 13.8. The summed E-state index contributed by atoms with van der Waals surface area (Å²) >= 11 is 7.21. The Morgan fingerprint density at radius 3 is 2.14 bits per heavy atom. The number of benzene rings is 2. The average Bonchev–Trinajstić information content (AvgIpc) is 3.54. The van der Waals surface area contributed by atoms with Gasteiger partial charge in [-0.05, 0) is 81.8 Å². The van der Waals surface area contributed by atoms with Crippen molar-refractivity contribution in [2.24, 2.45) is 0 Å². The summed E-state index contributed by atoms with van der Waals surface area (Å²) in [6.07, 6.45) is 1.34. The number of para-hydroxylation sites is 2. The van der Waals surface area contributed by atoms with E-state index in [1.807, 2.05) is 36.9 Å². The van der Waals surface area contributed by atoms with Crippen LogP contribution in [0, 0.1) is 0 Å². The molecule has 10 nitrogen and oxygen atoms in total. The van der Waals surface area contributed by atoms with Gasteiger partial charge < -0.3 is 34.8 Å². The van der Waals surface area contributed by atoms with Crippen molar-refractivity contribution in [2.45, 2.75) is 50.6 Å². The Labute approximate surface area is 269 Å². The monoisotopic (exact) mass is 719 g/mol. The molecule has 4 aliphatic heterocycles. The van der Waals surface area contributed by atoms with E-state index in [0.717, 1.165) is 40.6 Å². The van der Waals surface area contributed by atoms with Crippen molar-refractivity contribution in [3.8, 4) is 0 Å². The Morgan fingerprint density at radius 2 is 1.49 bits per heavy atom. The van der Waals surface area contributed by atoms with E-state index in [-0.39, 0.29) is 30.1 Å². The Bertz CT molecular complexity index is 1360. The number of likely N-dealkylation sites (tertiary alicyclic amines) is 2. The summed E-state index contributed by atoms with van der Waals surface area (Å²) in [6.45, 7) is 7.57. The second-order valence-electron chi connectivity index (χ2n) is 11.1. The zero-order valence-electron chi connectivity index (χ0n) is 24.8. The number of nitrogens with zero attached hydrogens (tertiary/aromatic N) is 3. The molecule has 4 heterocycles. The molecule has 0 unspecified atom stereocenters. The van der Waals surface area contributed by atoms with Crippen LogP contribution in [-0.2, 0) is 14.3 Å². The van der Waals surface area contributed by atoms with Crippen LogP contribution in [0.4, 0.5) is 21.0 Å². The molecule has 2 saturated heterocycles. The molecule has 2 aromatic carbocycles. The van der Waals surface area contributed by atoms with Gasteiger partial charge in [0.05, 0.1) is 31.1 Å². The highest BCUT2D eigenvalue weighted by molar-refractivity contribution is 9.11. The summed E-state index contributed by atoms with van der Waals surface area (Å²) in [4.78, 5) is 41.7. The van der Waals surface area contributed by atoms with Gasteiger partial charge in [0.1, 0.15) is 0 Å². The highest BCUT2D eigenvalue weighted by Crippen LogP contribution is 2.48. The predicted molar refractivity (Wildman–Crippen MR) is 173 cm³/mol. The highest BCUT2D eigenvalue weighted by atomic mass is 79.9. The molecule has 2 aromatic rings. The smallest absolute Gasteiger partial charge is 0.409 e. The van der Waals surface area contributed by atoms with Crippen LogP contribution in [0.15, 0.2) is 45.3 Å². The van der Waals surface area contributed by atoms with Crippen molar-refractivity contribution >= 4 is 61.3 Å². The summed E-state index contributed by atoms with van der Waals surface area (Å²) in [7, 11) is 1.65. The lowest BCUT2D eigenvalue weighted by molar-refractivity contribution is -0.119. The van der Waals surface area contributed by atoms with Crippen molar-refractivity contribution < 1.29 is 23.9 Å². The van der Waals surface area contributed by atoms with E-state index in [0.29, 0.717) is 44.8 Å². The molecular weight excluding hydrogens is 682 g/mol. The van der Waals surface area contributed by atoms with Crippen LogP contribution in [0.1, 0.15) is 49.7 Å². The van der Waals surface area contributed by atoms with E-state index < -0.39 is 0 Å². The molecule has 0 radical (unpaired) electrons. The van der Waals surface area contributed by atoms with E-state index in [9.17, 15) is 14.4 Å². The molecule has 4 aliphatic rings. The Hall–Kier alpha value is -2.99. The van der Waals surface area contributed by atoms with Gasteiger partial charge in [0, 0.05) is 66.1 Å². The predicted octanol–water partition coefficient (Wildman–Crippen LogP) is 5.52. The third-order valence-electron chi connectivity index (χ3n) is 8.71. The van der Waals surface area contributed by atoms with Gasteiger partial charge in [-0.1, -0.05) is 24.3 Å². The van der Waals surface area contributed by atoms with E-state index in [1.54, 1.807) is 11.9 Å². The number of likely N-dealkylation sites (N-methyl/N-ethyl adjacent to an activating group) is 1. The standard InChI is InChI=1S/C17H22BrN3O3.C14H17BrN2O2/c1-3-24-17(23)20-8-7-14-12(9-20)11-5-4-6-13(18)16(11)21(14)10-15(22)19-2;1-2-19-14(18)17-7-6-12-10(8-17)9-4-3-5-11(15)13(9)16-12/h4-6,12,14H,3,7-10H2,1-2H3,(H,19,22);3-5,10,12,16H,2,6-8H2,1H3/t12-,14-;10-,12-/m00/s1. The fraction of sp³-hybridized carbons (Fsp3) is 0.516. The van der Waals surface area contributed by atoms with Crippen molar-refractivity contribution in [1.29, 1.82) is 0 Å². The quantitative estimate of drug-likeness (QED) is 0.429. The number of hydrogen-bond donors (Lipinski definition) is 2. The van der Waals surface area contributed by atoms with Crippen LogP contribution in [0.3, 0.4) is 0 Å². The van der Waals surface area contributed by atoms with Crippen LogP contribution in [0.25, 0.3) is 0 Å². The Balaban J connectivity index is 0.000000176. The van der Waals surface area contributed by atoms with Crippen molar-refractivity contribution in [3.63, 3.8) is 0 Å². The second-order valence-corrected chi connectivity index (χ2v) is 12.8. The number of anilines is 2. The molecule has 232 valence electrons. The van der Waals surface area contributed by atoms with Crippen LogP contribution < -0.4 is 15.5 Å². The fourth-order valence-electron chi connectivity index (χ4n) is 6.74. The first-order valence-electron chi connectivity index (χ1n) is 14.9. The van der Waals surface area contributed by atoms with Gasteiger partial charge in [-0.25, -0.2) is 9.59 Å². The van der Waals surface area contributed by atoms with E-state index >= 15 is 0 Å². The van der Waals surface area contributed by atoms with Crippen LogP contribution >= 0.6 is 31.9 Å². The zero-order valence-corrected chi connectivity index (χ0v) is 27.9. The molecule has 3 amide bonds. The first-order chi connectivity index (χ1) is 20.8. The number of carbonyl (C=O) groups is 3. The van der Waals surface area contributed by atoms with Crippen LogP contribution in [-0.4, -0.2) is 93.0 Å². The Morgan fingerprint density at radius 1 is 0.884 bits per heavy atom. The summed E-state index contributed by atoms with van der Waals surface area (Å²) in [5, 5.41) is 6.27. The maximum absolute atomic E-state index is 12.1. The number of piperidine rings is 2. The van der Waals surface area contributed by atoms with Crippen molar-refractivity contribution in [1.82, 2.24) is 15.1 Å². The maximum Gasteiger partial charge on any atom is 0.409 e. The third kappa shape index (κ3) is 6.45. The summed E-state index contributed by atoms with van der Waals surface area (Å²) in [6, 6.07) is 13.0. The first kappa shape index (κ1) is 31.4. The van der Waals surface area contributed by atoms with Gasteiger partial charge in [-0.15, -0.1) is 0 Å². The molecular formula is C31H39Br2N5O5. The lowest BCUT2D eigenvalue weighted by Crippen LogP contribution is -2.50. The molecule has 12 heteroatoms. The highest BCUT2D eigenvalue weighted by Gasteiger charge is 2.44. The molecule has 2 N–H and O–H groups in total. The van der Waals surface area contributed by atoms with Gasteiger partial charge in [-0.2, -0.15) is 0 Å². The summed E-state index contributed by atoms with van der Waals surface area (Å²) in [5.74, 6) is 0.552. The molecule has 0 saturated carbocycles. The lowest BCUT2D eigenvalue weighted by Gasteiger charge is -2.38. The molecule has 0 bridgehead atoms. The van der Waals surface area contributed by atoms with E-state index in [4.69, 9.17) is 9.47 Å². The SMILES string of the molecule is CCOC(=O)N1CC[C@@H]2Nc3c(Br)cccc3[C@@H]2C1.CCOC(=O)N1CC[C@H]2[C@@H](C1)c1cccc(Br)c1N2CC(=O)NC. The zero-order chi connectivity index (χ0) is 30.7. The van der Waals surface area contributed by atoms with Crippen LogP contribution in [0.2, 0.25) is 0 Å². The maximum atomic E-state index is 12.1. The number of ether oxygens (including phenoxy) is 2. The average molecular weight is 721 g/mol. The van der Waals surface area contributed by atoms with Crippen molar-refractivity contribution in [3.05, 3.63) is 56.5 Å². The molecule has 6 rings (SSSR count). The van der Waals surface area contributed by atoms with Gasteiger partial charge in [0.25, 0.3) is 0 Å². The van der Waals surface area contributed by atoms with Gasteiger partial charge in [0.2, 0.25) is 5.91 Å². The van der Waals surface area contributed by atoms with Gasteiger partial charge >= 0.3 is 12.2 Å². The number of nitrogens with one attached hydrogen (secondary N) is 2. The minimum Gasteiger partial charge on any atom is -0.450 e. The Kier molecular flexibility index (Phi) is 10.1. The normalized spacial score (nSPS) is 23.0. The largest absolute Gasteiger partial charge is 0.450 e. The number of fused-ring (bicyclic) bond motifs is 6. The lowest BCUT2D eigenvalue weighted by atomic mass is 9.89. The van der Waals surface area contributed by atoms with Crippen molar-refractivity contribution in [2.75, 3.05) is 63.2 Å². The molecule has 4 atom stereocenters. The molecule has 0 aliphatic carbocycles. The topological polar surface area (TPSA) is 103 Å². The minimum atomic E-state index is -0.253. The molecule has 43 heavy (non-hydrogen) atoms. The molecule has 0 aromatic heterocycles. The summed E-state index contributed by atoms with van der Waals surface area (Å²) < 4.78 is 12.3. The number of hydrogen-bond acceptors (Lipinski definition) is 7. The number of rotatable bonds is 4. The third-order valence-corrected chi connectivity index (χ3v) is 10.0. The minimum absolute atomic E-state index is 0.00910. The molecule has 0 spiro atoms. The molecule has 2 fully saturated rings.